The summed E-state index contributed by atoms with van der Waals surface area (Å²) < 4.78 is 5.13. The number of ether oxygens (including phenoxy) is 1. The molecule has 1 aromatic carbocycles. The van der Waals surface area contributed by atoms with Crippen molar-refractivity contribution >= 4 is 40.7 Å². The van der Waals surface area contributed by atoms with Crippen LogP contribution in [0.4, 0.5) is 5.82 Å². The standard InChI is InChI=1S/C11H9ClN4O.ClH/c1-17-9-2-3-10-7(5-9)4-8(6-12)11(14-10)15-16-13;/h2-5H,6H2,1H3;1H. The SMILES string of the molecule is COc1ccc2nc(N=[N+]=[N-])c(CCl)cc2c1.Cl. The van der Waals surface area contributed by atoms with Crippen molar-refractivity contribution in [1.82, 2.24) is 4.98 Å². The number of pyridine rings is 1. The predicted octanol–water partition coefficient (Wildman–Crippen LogP) is 4.35. The number of aromatic nitrogens is 1. The number of azide groups is 1. The second kappa shape index (κ2) is 6.31. The average molecular weight is 285 g/mol. The third-order valence-electron chi connectivity index (χ3n) is 2.36. The van der Waals surface area contributed by atoms with Crippen LogP contribution in [-0.4, -0.2) is 12.1 Å². The zero-order valence-electron chi connectivity index (χ0n) is 9.50. The highest BCUT2D eigenvalue weighted by Gasteiger charge is 2.05. The van der Waals surface area contributed by atoms with Gasteiger partial charge < -0.3 is 4.74 Å². The molecule has 1 heterocycles. The molecule has 0 amide bonds. The minimum absolute atomic E-state index is 0. The molecule has 0 spiro atoms. The van der Waals surface area contributed by atoms with E-state index in [-0.39, 0.29) is 18.3 Å². The molecule has 1 aromatic heterocycles. The topological polar surface area (TPSA) is 70.9 Å². The van der Waals surface area contributed by atoms with Crippen molar-refractivity contribution in [2.75, 3.05) is 7.11 Å². The molecule has 0 atom stereocenters. The summed E-state index contributed by atoms with van der Waals surface area (Å²) in [6.45, 7) is 0. The summed E-state index contributed by atoms with van der Waals surface area (Å²) in [4.78, 5) is 6.98. The summed E-state index contributed by atoms with van der Waals surface area (Å²) in [5.74, 6) is 1.31. The lowest BCUT2D eigenvalue weighted by Crippen LogP contribution is -1.88. The van der Waals surface area contributed by atoms with Crippen LogP contribution >= 0.6 is 24.0 Å². The molecule has 0 aliphatic carbocycles. The number of hydrogen-bond acceptors (Lipinski definition) is 3. The lowest BCUT2D eigenvalue weighted by molar-refractivity contribution is 0.415. The molecule has 0 radical (unpaired) electrons. The molecule has 7 heteroatoms. The van der Waals surface area contributed by atoms with Gasteiger partial charge in [-0.15, -0.1) is 24.0 Å². The van der Waals surface area contributed by atoms with E-state index in [9.17, 15) is 0 Å². The van der Waals surface area contributed by atoms with Crippen LogP contribution in [0.25, 0.3) is 21.3 Å². The van der Waals surface area contributed by atoms with Crippen molar-refractivity contribution < 1.29 is 4.74 Å². The highest BCUT2D eigenvalue weighted by atomic mass is 35.5. The van der Waals surface area contributed by atoms with E-state index in [0.717, 1.165) is 16.7 Å². The minimum atomic E-state index is 0. The first kappa shape index (κ1) is 14.4. The van der Waals surface area contributed by atoms with E-state index in [0.29, 0.717) is 11.4 Å². The van der Waals surface area contributed by atoms with E-state index < -0.39 is 0 Å². The van der Waals surface area contributed by atoms with Crippen molar-refractivity contribution in [1.29, 1.82) is 0 Å². The number of hydrogen-bond donors (Lipinski definition) is 0. The van der Waals surface area contributed by atoms with Gasteiger partial charge in [0.05, 0.1) is 12.6 Å². The first-order valence-electron chi connectivity index (χ1n) is 4.87. The van der Waals surface area contributed by atoms with Gasteiger partial charge in [0, 0.05) is 16.2 Å². The molecule has 0 fully saturated rings. The zero-order chi connectivity index (χ0) is 12.3. The second-order valence-electron chi connectivity index (χ2n) is 3.35. The first-order valence-corrected chi connectivity index (χ1v) is 5.40. The Kier molecular flexibility index (Phi) is 5.04. The number of rotatable bonds is 3. The van der Waals surface area contributed by atoms with Gasteiger partial charge in [-0.25, -0.2) is 4.98 Å². The van der Waals surface area contributed by atoms with Gasteiger partial charge in [0.25, 0.3) is 0 Å². The minimum Gasteiger partial charge on any atom is -0.497 e. The van der Waals surface area contributed by atoms with E-state index in [2.05, 4.69) is 15.0 Å². The van der Waals surface area contributed by atoms with E-state index in [1.807, 2.05) is 18.2 Å². The lowest BCUT2D eigenvalue weighted by atomic mass is 10.1. The highest BCUT2D eigenvalue weighted by molar-refractivity contribution is 6.17. The number of benzene rings is 1. The lowest BCUT2D eigenvalue weighted by Gasteiger charge is -2.05. The second-order valence-corrected chi connectivity index (χ2v) is 3.62. The Labute approximate surface area is 115 Å². The van der Waals surface area contributed by atoms with Crippen molar-refractivity contribution in [2.24, 2.45) is 5.11 Å². The smallest absolute Gasteiger partial charge is 0.131 e. The van der Waals surface area contributed by atoms with E-state index in [1.54, 1.807) is 13.2 Å². The summed E-state index contributed by atoms with van der Waals surface area (Å²) in [7, 11) is 1.60. The predicted molar refractivity (Wildman–Crippen MR) is 73.9 cm³/mol. The number of nitrogens with zero attached hydrogens (tertiary/aromatic N) is 4. The fraction of sp³-hybridized carbons (Fsp3) is 0.182. The van der Waals surface area contributed by atoms with Crippen LogP contribution in [0.3, 0.4) is 0 Å². The molecule has 0 saturated carbocycles. The van der Waals surface area contributed by atoms with Gasteiger partial charge in [0.1, 0.15) is 11.6 Å². The molecule has 94 valence electrons. The molecule has 0 aliphatic heterocycles. The zero-order valence-corrected chi connectivity index (χ0v) is 11.1. The summed E-state index contributed by atoms with van der Waals surface area (Å²) in [5, 5.41) is 4.42. The van der Waals surface area contributed by atoms with Crippen LogP contribution < -0.4 is 4.74 Å². The van der Waals surface area contributed by atoms with Gasteiger partial charge >= 0.3 is 0 Å². The Hall–Kier alpha value is -1.68. The van der Waals surface area contributed by atoms with E-state index >= 15 is 0 Å². The third kappa shape index (κ3) is 2.76. The fourth-order valence-corrected chi connectivity index (χ4v) is 1.74. The van der Waals surface area contributed by atoms with Gasteiger partial charge in [-0.3, -0.25) is 0 Å². The third-order valence-corrected chi connectivity index (χ3v) is 2.65. The molecule has 0 unspecified atom stereocenters. The highest BCUT2D eigenvalue weighted by Crippen LogP contribution is 2.26. The van der Waals surface area contributed by atoms with Crippen molar-refractivity contribution in [2.45, 2.75) is 5.88 Å². The number of fused-ring (bicyclic) bond motifs is 1. The summed E-state index contributed by atoms with van der Waals surface area (Å²) in [6, 6.07) is 7.32. The monoisotopic (exact) mass is 284 g/mol. The maximum atomic E-state index is 8.45. The number of methoxy groups -OCH3 is 1. The molecule has 5 nitrogen and oxygen atoms in total. The molecule has 0 N–H and O–H groups in total. The summed E-state index contributed by atoms with van der Waals surface area (Å²) in [6.07, 6.45) is 0. The van der Waals surface area contributed by atoms with Gasteiger partial charge in [0.15, 0.2) is 0 Å². The molecular formula is C11H10Cl2N4O. The Morgan fingerprint density at radius 3 is 2.83 bits per heavy atom. The summed E-state index contributed by atoms with van der Waals surface area (Å²) in [5.41, 5.74) is 9.89. The van der Waals surface area contributed by atoms with Crippen LogP contribution in [0.1, 0.15) is 5.56 Å². The molecular weight excluding hydrogens is 275 g/mol. The maximum Gasteiger partial charge on any atom is 0.131 e. The van der Waals surface area contributed by atoms with Crippen LogP contribution in [0.15, 0.2) is 29.4 Å². The van der Waals surface area contributed by atoms with Gasteiger partial charge in [0.2, 0.25) is 0 Å². The molecule has 2 aromatic rings. The molecule has 18 heavy (non-hydrogen) atoms. The maximum absolute atomic E-state index is 8.45. The quantitative estimate of drug-likeness (QED) is 0.364. The van der Waals surface area contributed by atoms with Crippen LogP contribution in [-0.2, 0) is 5.88 Å². The van der Waals surface area contributed by atoms with Gasteiger partial charge in [-0.1, -0.05) is 0 Å². The van der Waals surface area contributed by atoms with Crippen LogP contribution in [0, 0.1) is 0 Å². The average Bonchev–Trinajstić information content (AvgIpc) is 2.37. The van der Waals surface area contributed by atoms with Crippen molar-refractivity contribution in [3.63, 3.8) is 0 Å². The number of halogens is 2. The Morgan fingerprint density at radius 1 is 1.44 bits per heavy atom. The van der Waals surface area contributed by atoms with Crippen molar-refractivity contribution in [3.8, 4) is 5.75 Å². The van der Waals surface area contributed by atoms with E-state index in [1.165, 1.54) is 0 Å². The number of alkyl halides is 1. The Balaban J connectivity index is 0.00000162. The largest absolute Gasteiger partial charge is 0.497 e. The van der Waals surface area contributed by atoms with Crippen LogP contribution in [0.2, 0.25) is 0 Å². The molecule has 0 bridgehead atoms. The Morgan fingerprint density at radius 2 is 2.22 bits per heavy atom. The first-order chi connectivity index (χ1) is 8.28. The molecule has 2 rings (SSSR count). The fourth-order valence-electron chi connectivity index (χ4n) is 1.54. The van der Waals surface area contributed by atoms with E-state index in [4.69, 9.17) is 21.9 Å². The van der Waals surface area contributed by atoms with Crippen LogP contribution in [0.5, 0.6) is 5.75 Å². The van der Waals surface area contributed by atoms with Gasteiger partial charge in [-0.05, 0) is 40.5 Å². The van der Waals surface area contributed by atoms with Gasteiger partial charge in [-0.2, -0.15) is 0 Å². The summed E-state index contributed by atoms with van der Waals surface area (Å²) >= 11 is 5.79. The van der Waals surface area contributed by atoms with Crippen molar-refractivity contribution in [3.05, 3.63) is 40.3 Å². The Bertz CT molecular complexity index is 611. The normalized spacial score (nSPS) is 9.44. The molecule has 0 aliphatic rings. The molecule has 0 saturated heterocycles.